The summed E-state index contributed by atoms with van der Waals surface area (Å²) in [5.74, 6) is 1.87. The summed E-state index contributed by atoms with van der Waals surface area (Å²) < 4.78 is 0. The number of rotatable bonds is 5. The highest BCUT2D eigenvalue weighted by molar-refractivity contribution is 9.09. The van der Waals surface area contributed by atoms with Gasteiger partial charge in [0.1, 0.15) is 0 Å². The van der Waals surface area contributed by atoms with Crippen LogP contribution in [-0.4, -0.2) is 0 Å². The van der Waals surface area contributed by atoms with Crippen LogP contribution in [0.1, 0.15) is 72.0 Å². The second-order valence-corrected chi connectivity index (χ2v) is 8.50. The fraction of sp³-hybridized carbons (Fsp3) is 0.765. The van der Waals surface area contributed by atoms with E-state index < -0.39 is 0 Å². The molecule has 1 heterocycles. The summed E-state index contributed by atoms with van der Waals surface area (Å²) in [5, 5.41) is 0. The smallest absolute Gasteiger partial charge is 0.0520 e. The van der Waals surface area contributed by atoms with Crippen molar-refractivity contribution in [2.24, 2.45) is 11.8 Å². The van der Waals surface area contributed by atoms with E-state index in [0.717, 1.165) is 11.8 Å². The summed E-state index contributed by atoms with van der Waals surface area (Å²) >= 11 is 5.98. The molecule has 0 aromatic carbocycles. The molecule has 1 aliphatic carbocycles. The first-order valence-electron chi connectivity index (χ1n) is 7.82. The quantitative estimate of drug-likeness (QED) is 0.516. The Morgan fingerprint density at radius 2 is 1.95 bits per heavy atom. The van der Waals surface area contributed by atoms with E-state index in [1.807, 2.05) is 11.3 Å². The fourth-order valence-corrected chi connectivity index (χ4v) is 5.69. The molecule has 0 nitrogen and oxygen atoms in total. The van der Waals surface area contributed by atoms with Crippen LogP contribution in [0.5, 0.6) is 0 Å². The van der Waals surface area contributed by atoms with Gasteiger partial charge in [-0.05, 0) is 50.2 Å². The van der Waals surface area contributed by atoms with Crippen molar-refractivity contribution in [1.29, 1.82) is 0 Å². The average molecular weight is 343 g/mol. The average Bonchev–Trinajstić information content (AvgIpc) is 2.75. The van der Waals surface area contributed by atoms with Crippen molar-refractivity contribution < 1.29 is 0 Å². The minimum absolute atomic E-state index is 0.596. The second kappa shape index (κ2) is 7.26. The molecule has 108 valence electrons. The van der Waals surface area contributed by atoms with Crippen molar-refractivity contribution in [1.82, 2.24) is 0 Å². The Hall–Kier alpha value is 0.180. The van der Waals surface area contributed by atoms with E-state index in [4.69, 9.17) is 0 Å². The van der Waals surface area contributed by atoms with E-state index in [0.29, 0.717) is 4.83 Å². The largest absolute Gasteiger partial charge is 0.144 e. The molecule has 1 unspecified atom stereocenters. The Labute approximate surface area is 131 Å². The number of thiophene rings is 1. The minimum Gasteiger partial charge on any atom is -0.144 e. The third kappa shape index (κ3) is 4.07. The first-order valence-corrected chi connectivity index (χ1v) is 9.56. The second-order valence-electron chi connectivity index (χ2n) is 6.23. The molecule has 1 aromatic heterocycles. The zero-order chi connectivity index (χ0) is 13.8. The molecule has 0 N–H and O–H groups in total. The Balaban J connectivity index is 1.89. The van der Waals surface area contributed by atoms with Gasteiger partial charge in [-0.3, -0.25) is 0 Å². The van der Waals surface area contributed by atoms with Crippen molar-refractivity contribution in [2.45, 2.75) is 70.5 Å². The maximum atomic E-state index is 3.99. The number of aryl methyl sites for hydroxylation is 2. The number of unbranched alkanes of at least 4 members (excludes halogenated alkanes) is 1. The van der Waals surface area contributed by atoms with Gasteiger partial charge in [-0.15, -0.1) is 11.3 Å². The van der Waals surface area contributed by atoms with Crippen LogP contribution in [0.4, 0.5) is 0 Å². The molecule has 1 saturated carbocycles. The van der Waals surface area contributed by atoms with E-state index in [9.17, 15) is 0 Å². The van der Waals surface area contributed by atoms with Gasteiger partial charge in [0, 0.05) is 9.75 Å². The lowest BCUT2D eigenvalue weighted by Crippen LogP contribution is -2.17. The standard InChI is InChI=1S/C17H27BrS/c1-4-5-6-14-7-9-15(10-8-14)16(18)17-12(2)11-13(3)19-17/h11,14-16H,4-10H2,1-3H3. The van der Waals surface area contributed by atoms with E-state index in [1.165, 1.54) is 55.4 Å². The summed E-state index contributed by atoms with van der Waals surface area (Å²) in [7, 11) is 0. The van der Waals surface area contributed by atoms with E-state index in [2.05, 4.69) is 42.8 Å². The lowest BCUT2D eigenvalue weighted by atomic mass is 9.78. The summed E-state index contributed by atoms with van der Waals surface area (Å²) in [6, 6.07) is 2.33. The molecule has 0 bridgehead atoms. The normalized spacial score (nSPS) is 25.5. The van der Waals surface area contributed by atoms with Gasteiger partial charge in [0.15, 0.2) is 0 Å². The number of halogens is 1. The van der Waals surface area contributed by atoms with Gasteiger partial charge in [0.25, 0.3) is 0 Å². The van der Waals surface area contributed by atoms with Crippen LogP contribution in [0.15, 0.2) is 6.07 Å². The van der Waals surface area contributed by atoms with Crippen LogP contribution in [0.3, 0.4) is 0 Å². The highest BCUT2D eigenvalue weighted by Crippen LogP contribution is 2.45. The molecular weight excluding hydrogens is 316 g/mol. The highest BCUT2D eigenvalue weighted by Gasteiger charge is 2.28. The summed E-state index contributed by atoms with van der Waals surface area (Å²) in [5.41, 5.74) is 1.48. The molecular formula is C17H27BrS. The Morgan fingerprint density at radius 1 is 1.26 bits per heavy atom. The number of hydrogen-bond acceptors (Lipinski definition) is 1. The third-order valence-electron chi connectivity index (χ3n) is 4.60. The van der Waals surface area contributed by atoms with Gasteiger partial charge in [-0.25, -0.2) is 0 Å². The predicted molar refractivity (Wildman–Crippen MR) is 90.4 cm³/mol. The van der Waals surface area contributed by atoms with Gasteiger partial charge in [0.05, 0.1) is 4.83 Å². The third-order valence-corrected chi connectivity index (χ3v) is 7.35. The molecule has 0 aliphatic heterocycles. The molecule has 1 aliphatic rings. The van der Waals surface area contributed by atoms with Gasteiger partial charge >= 0.3 is 0 Å². The Morgan fingerprint density at radius 3 is 2.47 bits per heavy atom. The van der Waals surface area contributed by atoms with Gasteiger partial charge in [-0.2, -0.15) is 0 Å². The molecule has 0 saturated heterocycles. The SMILES string of the molecule is CCCCC1CCC(C(Br)c2sc(C)cc2C)CC1. The summed E-state index contributed by atoms with van der Waals surface area (Å²) in [6.07, 6.45) is 9.99. The van der Waals surface area contributed by atoms with Crippen LogP contribution < -0.4 is 0 Å². The first-order chi connectivity index (χ1) is 9.11. The molecule has 1 atom stereocenters. The maximum Gasteiger partial charge on any atom is 0.0520 e. The fourth-order valence-electron chi connectivity index (χ4n) is 3.41. The lowest BCUT2D eigenvalue weighted by molar-refractivity contribution is 0.258. The summed E-state index contributed by atoms with van der Waals surface area (Å²) in [6.45, 7) is 6.80. The maximum absolute atomic E-state index is 3.99. The van der Waals surface area contributed by atoms with Crippen LogP contribution in [-0.2, 0) is 0 Å². The van der Waals surface area contributed by atoms with Crippen LogP contribution in [0.2, 0.25) is 0 Å². The molecule has 0 radical (unpaired) electrons. The molecule has 1 fully saturated rings. The molecule has 0 amide bonds. The summed E-state index contributed by atoms with van der Waals surface area (Å²) in [4.78, 5) is 3.63. The van der Waals surface area contributed by atoms with Gasteiger partial charge < -0.3 is 0 Å². The van der Waals surface area contributed by atoms with Crippen LogP contribution >= 0.6 is 27.3 Å². The minimum atomic E-state index is 0.596. The predicted octanol–water partition coefficient (Wildman–Crippen LogP) is 6.80. The van der Waals surface area contributed by atoms with Gasteiger partial charge in [0.2, 0.25) is 0 Å². The van der Waals surface area contributed by atoms with Crippen molar-refractivity contribution in [2.75, 3.05) is 0 Å². The van der Waals surface area contributed by atoms with E-state index in [-0.39, 0.29) is 0 Å². The Bertz CT molecular complexity index is 388. The van der Waals surface area contributed by atoms with E-state index >= 15 is 0 Å². The molecule has 1 aromatic rings. The monoisotopic (exact) mass is 342 g/mol. The first kappa shape index (κ1) is 15.6. The molecule has 19 heavy (non-hydrogen) atoms. The highest BCUT2D eigenvalue weighted by atomic mass is 79.9. The lowest BCUT2D eigenvalue weighted by Gasteiger charge is -2.31. The van der Waals surface area contributed by atoms with Crippen molar-refractivity contribution >= 4 is 27.3 Å². The molecule has 2 rings (SSSR count). The van der Waals surface area contributed by atoms with Crippen LogP contribution in [0, 0.1) is 25.7 Å². The van der Waals surface area contributed by atoms with Crippen molar-refractivity contribution in [3.05, 3.63) is 21.4 Å². The zero-order valence-electron chi connectivity index (χ0n) is 12.5. The number of alkyl halides is 1. The Kier molecular flexibility index (Phi) is 5.95. The number of hydrogen-bond donors (Lipinski definition) is 0. The molecule has 2 heteroatoms. The van der Waals surface area contributed by atoms with Crippen molar-refractivity contribution in [3.63, 3.8) is 0 Å². The van der Waals surface area contributed by atoms with Crippen molar-refractivity contribution in [3.8, 4) is 0 Å². The van der Waals surface area contributed by atoms with Gasteiger partial charge in [-0.1, -0.05) is 55.0 Å². The van der Waals surface area contributed by atoms with E-state index in [1.54, 1.807) is 4.88 Å². The van der Waals surface area contributed by atoms with Crippen LogP contribution in [0.25, 0.3) is 0 Å². The topological polar surface area (TPSA) is 0 Å². The zero-order valence-corrected chi connectivity index (χ0v) is 14.9. The molecule has 0 spiro atoms.